The van der Waals surface area contributed by atoms with Crippen LogP contribution in [0.1, 0.15) is 28.3 Å². The van der Waals surface area contributed by atoms with Gasteiger partial charge in [-0.1, -0.05) is 61.2 Å². The van der Waals surface area contributed by atoms with Crippen molar-refractivity contribution in [2.24, 2.45) is 5.73 Å². The molecule has 2 rings (SSSR count). The van der Waals surface area contributed by atoms with Gasteiger partial charge in [-0.3, -0.25) is 0 Å². The monoisotopic (exact) mass is 381 g/mol. The van der Waals surface area contributed by atoms with Gasteiger partial charge in [0.15, 0.2) is 0 Å². The first-order valence-corrected chi connectivity index (χ1v) is 7.82. The lowest BCUT2D eigenvalue weighted by Gasteiger charge is -2.15. The van der Waals surface area contributed by atoms with E-state index in [0.29, 0.717) is 0 Å². The van der Waals surface area contributed by atoms with Crippen molar-refractivity contribution in [3.8, 4) is 0 Å². The van der Waals surface area contributed by atoms with Crippen LogP contribution >= 0.6 is 31.9 Å². The van der Waals surface area contributed by atoms with Crippen LogP contribution < -0.4 is 5.73 Å². The van der Waals surface area contributed by atoms with Crippen molar-refractivity contribution in [2.45, 2.75) is 26.3 Å². The summed E-state index contributed by atoms with van der Waals surface area (Å²) in [6, 6.07) is 12.7. The summed E-state index contributed by atoms with van der Waals surface area (Å²) < 4.78 is 2.12. The average Bonchev–Trinajstić information content (AvgIpc) is 2.30. The van der Waals surface area contributed by atoms with Gasteiger partial charge in [0, 0.05) is 15.0 Å². The summed E-state index contributed by atoms with van der Waals surface area (Å²) in [6.07, 6.45) is 0.845. The third-order valence-electron chi connectivity index (χ3n) is 3.09. The molecule has 0 aliphatic carbocycles. The van der Waals surface area contributed by atoms with Gasteiger partial charge in [-0.2, -0.15) is 0 Å². The topological polar surface area (TPSA) is 26.0 Å². The predicted octanol–water partition coefficient (Wildman–Crippen LogP) is 5.07. The molecule has 2 aromatic rings. The molecule has 0 saturated heterocycles. The van der Waals surface area contributed by atoms with Gasteiger partial charge in [-0.25, -0.2) is 0 Å². The van der Waals surface area contributed by atoms with Crippen LogP contribution in [0.2, 0.25) is 0 Å². The van der Waals surface area contributed by atoms with E-state index in [1.807, 2.05) is 12.1 Å². The van der Waals surface area contributed by atoms with Crippen LogP contribution in [0, 0.1) is 13.8 Å². The Balaban J connectivity index is 2.25. The minimum atomic E-state index is -0.00641. The van der Waals surface area contributed by atoms with Crippen molar-refractivity contribution in [3.05, 3.63) is 67.6 Å². The molecule has 0 bridgehead atoms. The molecule has 0 fully saturated rings. The molecule has 0 amide bonds. The lowest BCUT2D eigenvalue weighted by molar-refractivity contribution is 0.717. The van der Waals surface area contributed by atoms with Crippen molar-refractivity contribution in [2.75, 3.05) is 0 Å². The van der Waals surface area contributed by atoms with Gasteiger partial charge in [-0.05, 0) is 49.6 Å². The Bertz CT molecular complexity index is 573. The maximum atomic E-state index is 6.35. The largest absolute Gasteiger partial charge is 0.324 e. The number of halogens is 2. The summed E-state index contributed by atoms with van der Waals surface area (Å²) in [4.78, 5) is 0. The first-order valence-electron chi connectivity index (χ1n) is 6.23. The first-order chi connectivity index (χ1) is 8.95. The minimum Gasteiger partial charge on any atom is -0.324 e. The fraction of sp³-hybridized carbons (Fsp3) is 0.250. The molecular weight excluding hydrogens is 366 g/mol. The van der Waals surface area contributed by atoms with E-state index >= 15 is 0 Å². The molecule has 0 aromatic heterocycles. The molecule has 1 nitrogen and oxygen atoms in total. The summed E-state index contributed by atoms with van der Waals surface area (Å²) in [5, 5.41) is 0. The van der Waals surface area contributed by atoms with Crippen molar-refractivity contribution in [3.63, 3.8) is 0 Å². The third-order valence-corrected chi connectivity index (χ3v) is 4.31. The zero-order chi connectivity index (χ0) is 14.0. The van der Waals surface area contributed by atoms with Gasteiger partial charge in [0.25, 0.3) is 0 Å². The average molecular weight is 383 g/mol. The Morgan fingerprint density at radius 3 is 2.26 bits per heavy atom. The highest BCUT2D eigenvalue weighted by atomic mass is 79.9. The smallest absolute Gasteiger partial charge is 0.0347 e. The Labute approximate surface area is 131 Å². The Kier molecular flexibility index (Phi) is 4.82. The number of benzene rings is 2. The number of nitrogens with two attached hydrogens (primary N) is 1. The first kappa shape index (κ1) is 14.8. The van der Waals surface area contributed by atoms with Gasteiger partial charge < -0.3 is 5.73 Å². The van der Waals surface area contributed by atoms with Crippen LogP contribution in [0.5, 0.6) is 0 Å². The lowest BCUT2D eigenvalue weighted by Crippen LogP contribution is -2.14. The maximum absolute atomic E-state index is 6.35. The molecule has 0 radical (unpaired) electrons. The van der Waals surface area contributed by atoms with E-state index in [1.54, 1.807) is 0 Å². The zero-order valence-electron chi connectivity index (χ0n) is 11.1. The van der Waals surface area contributed by atoms with E-state index in [4.69, 9.17) is 5.73 Å². The SMILES string of the molecule is Cc1cc(C)cc(CC(N)c2cc(Br)ccc2Br)c1. The molecule has 0 aliphatic heterocycles. The second kappa shape index (κ2) is 6.21. The number of hydrogen-bond donors (Lipinski definition) is 1. The molecule has 2 N–H and O–H groups in total. The molecule has 100 valence electrons. The zero-order valence-corrected chi connectivity index (χ0v) is 14.3. The highest BCUT2D eigenvalue weighted by molar-refractivity contribution is 9.11. The second-order valence-corrected chi connectivity index (χ2v) is 6.74. The summed E-state index contributed by atoms with van der Waals surface area (Å²) in [5.74, 6) is 0. The van der Waals surface area contributed by atoms with E-state index < -0.39 is 0 Å². The molecule has 0 saturated carbocycles. The number of rotatable bonds is 3. The summed E-state index contributed by atoms with van der Waals surface area (Å²) in [5.41, 5.74) is 11.3. The molecular formula is C16H17Br2N. The molecule has 0 spiro atoms. The van der Waals surface area contributed by atoms with E-state index in [1.165, 1.54) is 16.7 Å². The van der Waals surface area contributed by atoms with E-state index in [-0.39, 0.29) is 6.04 Å². The molecule has 3 heteroatoms. The van der Waals surface area contributed by atoms with Gasteiger partial charge >= 0.3 is 0 Å². The normalized spacial score (nSPS) is 12.5. The van der Waals surface area contributed by atoms with Crippen molar-refractivity contribution in [1.82, 2.24) is 0 Å². The van der Waals surface area contributed by atoms with Crippen LogP contribution in [0.4, 0.5) is 0 Å². The lowest BCUT2D eigenvalue weighted by atomic mass is 9.97. The predicted molar refractivity (Wildman–Crippen MR) is 88.4 cm³/mol. The van der Waals surface area contributed by atoms with Gasteiger partial charge in [-0.15, -0.1) is 0 Å². The van der Waals surface area contributed by atoms with Crippen LogP contribution in [-0.4, -0.2) is 0 Å². The maximum Gasteiger partial charge on any atom is 0.0347 e. The van der Waals surface area contributed by atoms with E-state index in [2.05, 4.69) is 70.0 Å². The van der Waals surface area contributed by atoms with Crippen LogP contribution in [0.3, 0.4) is 0 Å². The molecule has 1 atom stereocenters. The standard InChI is InChI=1S/C16H17Br2N/c1-10-5-11(2)7-12(6-10)8-16(19)14-9-13(17)3-4-15(14)18/h3-7,9,16H,8,19H2,1-2H3. The molecule has 0 heterocycles. The fourth-order valence-electron chi connectivity index (χ4n) is 2.35. The summed E-state index contributed by atoms with van der Waals surface area (Å²) in [6.45, 7) is 4.24. The van der Waals surface area contributed by atoms with Gasteiger partial charge in [0.2, 0.25) is 0 Å². The van der Waals surface area contributed by atoms with E-state index in [9.17, 15) is 0 Å². The third kappa shape index (κ3) is 3.91. The van der Waals surface area contributed by atoms with Crippen LogP contribution in [0.25, 0.3) is 0 Å². The summed E-state index contributed by atoms with van der Waals surface area (Å²) in [7, 11) is 0. The van der Waals surface area contributed by atoms with Crippen molar-refractivity contribution >= 4 is 31.9 Å². The quantitative estimate of drug-likeness (QED) is 0.787. The fourth-order valence-corrected chi connectivity index (χ4v) is 3.27. The summed E-state index contributed by atoms with van der Waals surface area (Å²) >= 11 is 7.07. The van der Waals surface area contributed by atoms with Gasteiger partial charge in [0.05, 0.1) is 0 Å². The van der Waals surface area contributed by atoms with Crippen LogP contribution in [0.15, 0.2) is 45.3 Å². The molecule has 2 aromatic carbocycles. The highest BCUT2D eigenvalue weighted by Crippen LogP contribution is 2.28. The Hall–Kier alpha value is -0.640. The van der Waals surface area contributed by atoms with Crippen molar-refractivity contribution in [1.29, 1.82) is 0 Å². The molecule has 19 heavy (non-hydrogen) atoms. The molecule has 1 unspecified atom stereocenters. The second-order valence-electron chi connectivity index (χ2n) is 4.97. The Morgan fingerprint density at radius 2 is 1.63 bits per heavy atom. The minimum absolute atomic E-state index is 0.00641. The van der Waals surface area contributed by atoms with Gasteiger partial charge in [0.1, 0.15) is 0 Å². The van der Waals surface area contributed by atoms with Crippen LogP contribution in [-0.2, 0) is 6.42 Å². The Morgan fingerprint density at radius 1 is 1.00 bits per heavy atom. The van der Waals surface area contributed by atoms with E-state index in [0.717, 1.165) is 20.9 Å². The molecule has 0 aliphatic rings. The highest BCUT2D eigenvalue weighted by Gasteiger charge is 2.11. The van der Waals surface area contributed by atoms with Crippen molar-refractivity contribution < 1.29 is 0 Å². The number of hydrogen-bond acceptors (Lipinski definition) is 1. The number of aryl methyl sites for hydroxylation is 2.